The molecule has 0 fully saturated rings. The van der Waals surface area contributed by atoms with Gasteiger partial charge in [0.15, 0.2) is 0 Å². The smallest absolute Gasteiger partial charge is 0.316 e. The van der Waals surface area contributed by atoms with Gasteiger partial charge in [-0.15, -0.1) is 0 Å². The van der Waals surface area contributed by atoms with Gasteiger partial charge in [0.1, 0.15) is 11.7 Å². The number of hydrogen-bond donors (Lipinski definition) is 0. The monoisotopic (exact) mass is 312 g/mol. The Kier molecular flexibility index (Phi) is 6.24. The van der Waals surface area contributed by atoms with E-state index in [1.54, 1.807) is 4.99 Å². The maximum atomic E-state index is 11.1. The van der Waals surface area contributed by atoms with Crippen molar-refractivity contribution in [1.82, 2.24) is 0 Å². The third-order valence-electron chi connectivity index (χ3n) is 1.49. The SMILES string of the molecule is COC(=O)C(C/C(Br)=C\Br)C(C)=O. The molecular weight excluding hydrogens is 304 g/mol. The first kappa shape index (κ1) is 12.8. The van der Waals surface area contributed by atoms with E-state index in [-0.39, 0.29) is 5.78 Å². The maximum absolute atomic E-state index is 11.1. The fourth-order valence-electron chi connectivity index (χ4n) is 0.775. The molecule has 1 unspecified atom stereocenters. The Balaban J connectivity index is 4.45. The molecule has 1 atom stereocenters. The van der Waals surface area contributed by atoms with E-state index in [1.807, 2.05) is 0 Å². The second-order valence-electron chi connectivity index (χ2n) is 2.45. The maximum Gasteiger partial charge on any atom is 0.316 e. The normalized spacial score (nSPS) is 13.7. The number of ether oxygens (including phenoxy) is 1. The number of carbonyl (C=O) groups excluding carboxylic acids is 2. The lowest BCUT2D eigenvalue weighted by atomic mass is 10.0. The molecule has 5 heteroatoms. The first-order valence-electron chi connectivity index (χ1n) is 3.56. The van der Waals surface area contributed by atoms with Crippen molar-refractivity contribution in [2.75, 3.05) is 7.11 Å². The van der Waals surface area contributed by atoms with E-state index >= 15 is 0 Å². The Bertz CT molecular complexity index is 236. The second-order valence-corrected chi connectivity index (χ2v) is 3.92. The quantitative estimate of drug-likeness (QED) is 0.591. The lowest BCUT2D eigenvalue weighted by molar-refractivity contribution is -0.148. The summed E-state index contributed by atoms with van der Waals surface area (Å²) in [5.41, 5.74) is 0. The van der Waals surface area contributed by atoms with Crippen LogP contribution in [0.4, 0.5) is 0 Å². The molecule has 0 saturated carbocycles. The number of hydrogen-bond acceptors (Lipinski definition) is 3. The van der Waals surface area contributed by atoms with E-state index in [4.69, 9.17) is 0 Å². The van der Waals surface area contributed by atoms with Crippen LogP contribution in [0.5, 0.6) is 0 Å². The highest BCUT2D eigenvalue weighted by molar-refractivity contribution is 9.14. The average molecular weight is 314 g/mol. The van der Waals surface area contributed by atoms with Gasteiger partial charge >= 0.3 is 5.97 Å². The van der Waals surface area contributed by atoms with Crippen molar-refractivity contribution in [3.05, 3.63) is 9.47 Å². The molecule has 0 saturated heterocycles. The number of allylic oxidation sites excluding steroid dienone is 1. The van der Waals surface area contributed by atoms with Crippen molar-refractivity contribution in [3.8, 4) is 0 Å². The lowest BCUT2D eigenvalue weighted by Gasteiger charge is -2.09. The zero-order valence-corrected chi connectivity index (χ0v) is 10.5. The lowest BCUT2D eigenvalue weighted by Crippen LogP contribution is -2.23. The van der Waals surface area contributed by atoms with Crippen molar-refractivity contribution in [2.45, 2.75) is 13.3 Å². The summed E-state index contributed by atoms with van der Waals surface area (Å²) < 4.78 is 5.24. The Hall–Kier alpha value is -0.160. The van der Waals surface area contributed by atoms with Crippen LogP contribution in [-0.2, 0) is 14.3 Å². The molecule has 74 valence electrons. The summed E-state index contributed by atoms with van der Waals surface area (Å²) in [5, 5.41) is 0. The van der Waals surface area contributed by atoms with Crippen molar-refractivity contribution >= 4 is 43.6 Å². The van der Waals surface area contributed by atoms with E-state index in [0.29, 0.717) is 6.42 Å². The molecule has 13 heavy (non-hydrogen) atoms. The van der Waals surface area contributed by atoms with Gasteiger partial charge < -0.3 is 4.74 Å². The van der Waals surface area contributed by atoms with Crippen molar-refractivity contribution in [3.63, 3.8) is 0 Å². The van der Waals surface area contributed by atoms with Crippen LogP contribution in [0.1, 0.15) is 13.3 Å². The zero-order valence-electron chi connectivity index (χ0n) is 7.34. The second kappa shape index (κ2) is 6.32. The van der Waals surface area contributed by atoms with Crippen LogP contribution in [-0.4, -0.2) is 18.9 Å². The average Bonchev–Trinajstić information content (AvgIpc) is 2.11. The van der Waals surface area contributed by atoms with Crippen LogP contribution < -0.4 is 0 Å². The molecule has 0 rings (SSSR count). The third kappa shape index (κ3) is 4.57. The first-order valence-corrected chi connectivity index (χ1v) is 5.26. The van der Waals surface area contributed by atoms with Crippen LogP contribution >= 0.6 is 31.9 Å². The standard InChI is InChI=1S/C8H10Br2O3/c1-5(11)7(8(12)13-2)3-6(10)4-9/h4,7H,3H2,1-2H3/b6-4+. The van der Waals surface area contributed by atoms with E-state index in [0.717, 1.165) is 4.48 Å². The van der Waals surface area contributed by atoms with Crippen LogP contribution in [0.15, 0.2) is 9.47 Å². The Morgan fingerprint density at radius 1 is 1.54 bits per heavy atom. The summed E-state index contributed by atoms with van der Waals surface area (Å²) in [5.74, 6) is -1.41. The first-order chi connectivity index (χ1) is 6.02. The molecule has 0 aromatic heterocycles. The van der Waals surface area contributed by atoms with Gasteiger partial charge in [-0.2, -0.15) is 0 Å². The van der Waals surface area contributed by atoms with Crippen LogP contribution in [0.2, 0.25) is 0 Å². The van der Waals surface area contributed by atoms with Gasteiger partial charge in [-0.05, 0) is 18.3 Å². The van der Waals surface area contributed by atoms with E-state index < -0.39 is 11.9 Å². The molecule has 0 radical (unpaired) electrons. The van der Waals surface area contributed by atoms with Crippen LogP contribution in [0.3, 0.4) is 0 Å². The minimum absolute atomic E-state index is 0.196. The third-order valence-corrected chi connectivity index (χ3v) is 3.21. The van der Waals surface area contributed by atoms with Gasteiger partial charge in [0.2, 0.25) is 0 Å². The summed E-state index contributed by atoms with van der Waals surface area (Å²) in [6, 6.07) is 0. The topological polar surface area (TPSA) is 43.4 Å². The fourth-order valence-corrected chi connectivity index (χ4v) is 1.29. The predicted molar refractivity (Wildman–Crippen MR) is 56.7 cm³/mol. The number of rotatable bonds is 4. The summed E-state index contributed by atoms with van der Waals surface area (Å²) in [7, 11) is 1.27. The molecular formula is C8H10Br2O3. The van der Waals surface area contributed by atoms with Gasteiger partial charge in [-0.3, -0.25) is 9.59 Å². The Morgan fingerprint density at radius 3 is 2.38 bits per heavy atom. The van der Waals surface area contributed by atoms with Gasteiger partial charge in [-0.1, -0.05) is 31.9 Å². The number of halogens is 2. The van der Waals surface area contributed by atoms with Crippen molar-refractivity contribution in [1.29, 1.82) is 0 Å². The largest absolute Gasteiger partial charge is 0.468 e. The predicted octanol–water partition coefficient (Wildman–Crippen LogP) is 2.39. The van der Waals surface area contributed by atoms with Crippen molar-refractivity contribution in [2.24, 2.45) is 5.92 Å². The van der Waals surface area contributed by atoms with Crippen LogP contribution in [0.25, 0.3) is 0 Å². The molecule has 0 bridgehead atoms. The highest BCUT2D eigenvalue weighted by atomic mass is 79.9. The van der Waals surface area contributed by atoms with Gasteiger partial charge in [0, 0.05) is 4.48 Å². The molecule has 0 amide bonds. The summed E-state index contributed by atoms with van der Waals surface area (Å²) >= 11 is 6.29. The molecule has 0 aliphatic heterocycles. The highest BCUT2D eigenvalue weighted by Crippen LogP contribution is 2.20. The van der Waals surface area contributed by atoms with Crippen molar-refractivity contribution < 1.29 is 14.3 Å². The van der Waals surface area contributed by atoms with E-state index in [1.165, 1.54) is 14.0 Å². The van der Waals surface area contributed by atoms with Crippen LogP contribution in [0, 0.1) is 5.92 Å². The Labute approximate surface area is 93.8 Å². The molecule has 0 N–H and O–H groups in total. The summed E-state index contributed by atoms with van der Waals surface area (Å²) in [6.45, 7) is 1.37. The molecule has 0 aromatic rings. The zero-order chi connectivity index (χ0) is 10.4. The number of esters is 1. The molecule has 0 aromatic carbocycles. The number of ketones is 1. The highest BCUT2D eigenvalue weighted by Gasteiger charge is 2.24. The van der Waals surface area contributed by atoms with E-state index in [2.05, 4.69) is 36.6 Å². The fraction of sp³-hybridized carbons (Fsp3) is 0.500. The number of Topliss-reactive ketones (excluding diaryl/α,β-unsaturated/α-hetero) is 1. The van der Waals surface area contributed by atoms with E-state index in [9.17, 15) is 9.59 Å². The summed E-state index contributed by atoms with van der Waals surface area (Å²) in [4.78, 5) is 23.7. The molecule has 3 nitrogen and oxygen atoms in total. The minimum atomic E-state index is -0.715. The van der Waals surface area contributed by atoms with Gasteiger partial charge in [0.25, 0.3) is 0 Å². The number of methoxy groups -OCH3 is 1. The Morgan fingerprint density at radius 2 is 2.08 bits per heavy atom. The molecule has 0 spiro atoms. The van der Waals surface area contributed by atoms with Gasteiger partial charge in [0.05, 0.1) is 7.11 Å². The minimum Gasteiger partial charge on any atom is -0.468 e. The summed E-state index contributed by atoms with van der Waals surface area (Å²) in [6.07, 6.45) is 0.327. The number of carbonyl (C=O) groups is 2. The molecule has 0 aliphatic carbocycles. The molecule has 0 heterocycles. The molecule has 0 aliphatic rings. The van der Waals surface area contributed by atoms with Gasteiger partial charge in [-0.25, -0.2) is 0 Å².